The number of hydrogen-bond acceptors (Lipinski definition) is 1. The summed E-state index contributed by atoms with van der Waals surface area (Å²) in [4.78, 5) is 11.7. The highest BCUT2D eigenvalue weighted by atomic mass is 35.5. The molecule has 0 fully saturated rings. The Balaban J connectivity index is 2.89. The van der Waals surface area contributed by atoms with Gasteiger partial charge in [-0.25, -0.2) is 0 Å². The van der Waals surface area contributed by atoms with E-state index in [0.29, 0.717) is 10.6 Å². The SMILES string of the molecule is CC[C@@H](C)C(=O)c1cccc(Cl)c1. The number of carbonyl (C=O) groups excluding carboxylic acids is 1. The van der Waals surface area contributed by atoms with E-state index in [-0.39, 0.29) is 11.7 Å². The van der Waals surface area contributed by atoms with E-state index in [9.17, 15) is 4.79 Å². The molecule has 0 saturated carbocycles. The molecule has 2 heteroatoms. The van der Waals surface area contributed by atoms with Crippen LogP contribution in [0.15, 0.2) is 24.3 Å². The minimum Gasteiger partial charge on any atom is -0.294 e. The van der Waals surface area contributed by atoms with E-state index < -0.39 is 0 Å². The van der Waals surface area contributed by atoms with Gasteiger partial charge in [-0.3, -0.25) is 4.79 Å². The van der Waals surface area contributed by atoms with Crippen molar-refractivity contribution >= 4 is 17.4 Å². The third-order valence-corrected chi connectivity index (χ3v) is 2.40. The van der Waals surface area contributed by atoms with Crippen LogP contribution in [-0.4, -0.2) is 5.78 Å². The summed E-state index contributed by atoms with van der Waals surface area (Å²) < 4.78 is 0. The molecule has 0 spiro atoms. The second kappa shape index (κ2) is 4.43. The van der Waals surface area contributed by atoms with Crippen molar-refractivity contribution in [2.75, 3.05) is 0 Å². The minimum absolute atomic E-state index is 0.0819. The summed E-state index contributed by atoms with van der Waals surface area (Å²) in [6.45, 7) is 3.94. The molecular weight excluding hydrogens is 184 g/mol. The molecule has 0 saturated heterocycles. The molecule has 0 aliphatic carbocycles. The maximum absolute atomic E-state index is 11.7. The number of ketones is 1. The smallest absolute Gasteiger partial charge is 0.165 e. The van der Waals surface area contributed by atoms with Crippen molar-refractivity contribution in [3.63, 3.8) is 0 Å². The minimum atomic E-state index is 0.0819. The van der Waals surface area contributed by atoms with Gasteiger partial charge in [0.25, 0.3) is 0 Å². The molecule has 0 heterocycles. The molecule has 0 amide bonds. The molecular formula is C11H13ClO. The zero-order valence-electron chi connectivity index (χ0n) is 7.88. The fourth-order valence-electron chi connectivity index (χ4n) is 1.11. The maximum atomic E-state index is 11.7. The monoisotopic (exact) mass is 196 g/mol. The number of benzene rings is 1. The van der Waals surface area contributed by atoms with Crippen LogP contribution in [0.5, 0.6) is 0 Å². The van der Waals surface area contributed by atoms with Crippen molar-refractivity contribution in [2.45, 2.75) is 20.3 Å². The lowest BCUT2D eigenvalue weighted by atomic mass is 9.97. The van der Waals surface area contributed by atoms with Gasteiger partial charge < -0.3 is 0 Å². The standard InChI is InChI=1S/C11H13ClO/c1-3-8(2)11(13)9-5-4-6-10(12)7-9/h4-8H,3H2,1-2H3/t8-/m1/s1. The van der Waals surface area contributed by atoms with Gasteiger partial charge in [0.1, 0.15) is 0 Å². The Labute approximate surface area is 83.7 Å². The first kappa shape index (κ1) is 10.3. The Hall–Kier alpha value is -0.820. The highest BCUT2D eigenvalue weighted by molar-refractivity contribution is 6.31. The van der Waals surface area contributed by atoms with Crippen molar-refractivity contribution in [1.82, 2.24) is 0 Å². The molecule has 0 radical (unpaired) electrons. The number of halogens is 1. The quantitative estimate of drug-likeness (QED) is 0.676. The first-order valence-electron chi connectivity index (χ1n) is 4.45. The van der Waals surface area contributed by atoms with Crippen LogP contribution < -0.4 is 0 Å². The van der Waals surface area contributed by atoms with E-state index in [1.807, 2.05) is 13.8 Å². The van der Waals surface area contributed by atoms with Crippen LogP contribution in [0.3, 0.4) is 0 Å². The van der Waals surface area contributed by atoms with Crippen molar-refractivity contribution in [2.24, 2.45) is 5.92 Å². The lowest BCUT2D eigenvalue weighted by molar-refractivity contribution is 0.0927. The summed E-state index contributed by atoms with van der Waals surface area (Å²) in [6.07, 6.45) is 0.866. The summed E-state index contributed by atoms with van der Waals surface area (Å²) in [6, 6.07) is 7.10. The van der Waals surface area contributed by atoms with Gasteiger partial charge in [0.05, 0.1) is 0 Å². The predicted molar refractivity (Wildman–Crippen MR) is 55.2 cm³/mol. The Morgan fingerprint density at radius 2 is 2.23 bits per heavy atom. The van der Waals surface area contributed by atoms with Gasteiger partial charge in [-0.05, 0) is 18.6 Å². The molecule has 0 N–H and O–H groups in total. The molecule has 1 atom stereocenters. The zero-order valence-corrected chi connectivity index (χ0v) is 8.64. The molecule has 0 unspecified atom stereocenters. The fourth-order valence-corrected chi connectivity index (χ4v) is 1.30. The first-order valence-corrected chi connectivity index (χ1v) is 4.82. The second-order valence-corrected chi connectivity index (χ2v) is 3.62. The molecule has 0 bridgehead atoms. The van der Waals surface area contributed by atoms with Crippen LogP contribution in [0, 0.1) is 5.92 Å². The summed E-state index contributed by atoms with van der Waals surface area (Å²) in [5.41, 5.74) is 0.710. The molecule has 1 nitrogen and oxygen atoms in total. The number of hydrogen-bond donors (Lipinski definition) is 0. The molecule has 0 aliphatic heterocycles. The van der Waals surface area contributed by atoms with Crippen LogP contribution in [0.25, 0.3) is 0 Å². The Morgan fingerprint density at radius 1 is 1.54 bits per heavy atom. The van der Waals surface area contributed by atoms with Gasteiger partial charge in [0, 0.05) is 16.5 Å². The lowest BCUT2D eigenvalue weighted by Crippen LogP contribution is -2.09. The summed E-state index contributed by atoms with van der Waals surface area (Å²) >= 11 is 5.78. The Morgan fingerprint density at radius 3 is 2.77 bits per heavy atom. The molecule has 0 aromatic heterocycles. The van der Waals surface area contributed by atoms with Crippen molar-refractivity contribution in [3.8, 4) is 0 Å². The first-order chi connectivity index (χ1) is 6.15. The molecule has 1 aromatic rings. The second-order valence-electron chi connectivity index (χ2n) is 3.18. The van der Waals surface area contributed by atoms with Crippen LogP contribution in [0.1, 0.15) is 30.6 Å². The number of Topliss-reactive ketones (excluding diaryl/α,β-unsaturated/α-hetero) is 1. The van der Waals surface area contributed by atoms with E-state index in [0.717, 1.165) is 6.42 Å². The van der Waals surface area contributed by atoms with Crippen LogP contribution >= 0.6 is 11.6 Å². The Bertz CT molecular complexity index is 307. The van der Waals surface area contributed by atoms with Gasteiger partial charge in [-0.15, -0.1) is 0 Å². The summed E-state index contributed by atoms with van der Waals surface area (Å²) in [5.74, 6) is 0.253. The zero-order chi connectivity index (χ0) is 9.84. The van der Waals surface area contributed by atoms with E-state index in [4.69, 9.17) is 11.6 Å². The van der Waals surface area contributed by atoms with Gasteiger partial charge in [0.15, 0.2) is 5.78 Å². The predicted octanol–water partition coefficient (Wildman–Crippen LogP) is 3.57. The summed E-state index contributed by atoms with van der Waals surface area (Å²) in [7, 11) is 0. The lowest BCUT2D eigenvalue weighted by Gasteiger charge is -2.06. The third kappa shape index (κ3) is 2.56. The van der Waals surface area contributed by atoms with E-state index in [1.165, 1.54) is 0 Å². The average molecular weight is 197 g/mol. The van der Waals surface area contributed by atoms with Gasteiger partial charge >= 0.3 is 0 Å². The van der Waals surface area contributed by atoms with Crippen LogP contribution in [0.4, 0.5) is 0 Å². The number of rotatable bonds is 3. The van der Waals surface area contributed by atoms with Gasteiger partial charge in [0.2, 0.25) is 0 Å². The highest BCUT2D eigenvalue weighted by Crippen LogP contribution is 2.15. The maximum Gasteiger partial charge on any atom is 0.165 e. The topological polar surface area (TPSA) is 17.1 Å². The molecule has 70 valence electrons. The van der Waals surface area contributed by atoms with Crippen molar-refractivity contribution in [1.29, 1.82) is 0 Å². The molecule has 1 rings (SSSR count). The molecule has 1 aromatic carbocycles. The Kier molecular flexibility index (Phi) is 3.49. The van der Waals surface area contributed by atoms with Crippen molar-refractivity contribution < 1.29 is 4.79 Å². The summed E-state index contributed by atoms with van der Waals surface area (Å²) in [5, 5.41) is 0.620. The fraction of sp³-hybridized carbons (Fsp3) is 0.364. The van der Waals surface area contributed by atoms with E-state index in [2.05, 4.69) is 0 Å². The number of carbonyl (C=O) groups is 1. The molecule has 0 aliphatic rings. The van der Waals surface area contributed by atoms with Crippen LogP contribution in [0.2, 0.25) is 5.02 Å². The highest BCUT2D eigenvalue weighted by Gasteiger charge is 2.12. The van der Waals surface area contributed by atoms with Crippen molar-refractivity contribution in [3.05, 3.63) is 34.9 Å². The largest absolute Gasteiger partial charge is 0.294 e. The van der Waals surface area contributed by atoms with E-state index >= 15 is 0 Å². The average Bonchev–Trinajstić information content (AvgIpc) is 2.15. The van der Waals surface area contributed by atoms with Gasteiger partial charge in [-0.2, -0.15) is 0 Å². The van der Waals surface area contributed by atoms with E-state index in [1.54, 1.807) is 24.3 Å². The van der Waals surface area contributed by atoms with Crippen LogP contribution in [-0.2, 0) is 0 Å². The normalized spacial score (nSPS) is 12.5. The van der Waals surface area contributed by atoms with Gasteiger partial charge in [-0.1, -0.05) is 37.6 Å². The third-order valence-electron chi connectivity index (χ3n) is 2.17. The molecule has 13 heavy (non-hydrogen) atoms.